The topological polar surface area (TPSA) is 53.1 Å². The molecule has 6 nitrogen and oxygen atoms in total. The molecule has 1 aromatic rings. The first-order valence-electron chi connectivity index (χ1n) is 10.6. The van der Waals surface area contributed by atoms with Gasteiger partial charge in [0.25, 0.3) is 0 Å². The van der Waals surface area contributed by atoms with Crippen LogP contribution in [0, 0.1) is 11.8 Å². The molecule has 6 heteroatoms. The minimum atomic E-state index is 0.0815. The van der Waals surface area contributed by atoms with Gasteiger partial charge in [-0.25, -0.2) is 0 Å². The highest BCUT2D eigenvalue weighted by atomic mass is 16.5. The van der Waals surface area contributed by atoms with E-state index in [9.17, 15) is 9.59 Å². The summed E-state index contributed by atoms with van der Waals surface area (Å²) in [4.78, 5) is 31.7. The fraction of sp³-hybridized carbons (Fsp3) is 0.636. The van der Waals surface area contributed by atoms with Crippen molar-refractivity contribution in [3.8, 4) is 5.75 Å². The number of hydrogen-bond acceptors (Lipinski definition) is 4. The van der Waals surface area contributed by atoms with E-state index in [-0.39, 0.29) is 17.7 Å². The number of piperazine rings is 1. The maximum absolute atomic E-state index is 12.9. The second-order valence-electron chi connectivity index (χ2n) is 8.24. The number of carbonyl (C=O) groups excluding carboxylic acids is 2. The van der Waals surface area contributed by atoms with Crippen molar-refractivity contribution in [3.05, 3.63) is 24.3 Å². The standard InChI is InChI=1S/C22H31N3O3/c1-28-20-7-5-19(6-8-20)23-13-15-25(16-14-23)22(27)18-9-11-24(12-10-18)21(26)17-3-2-4-17/h5-8,17-18H,2-4,9-16H2,1H3. The number of anilines is 1. The van der Waals surface area contributed by atoms with Crippen LogP contribution in [0.3, 0.4) is 0 Å². The van der Waals surface area contributed by atoms with Gasteiger partial charge in [0.05, 0.1) is 7.11 Å². The molecule has 152 valence electrons. The van der Waals surface area contributed by atoms with Crippen molar-refractivity contribution in [1.29, 1.82) is 0 Å². The fourth-order valence-corrected chi connectivity index (χ4v) is 4.50. The Kier molecular flexibility index (Phi) is 5.74. The monoisotopic (exact) mass is 385 g/mol. The van der Waals surface area contributed by atoms with Gasteiger partial charge >= 0.3 is 0 Å². The Morgan fingerprint density at radius 1 is 0.786 bits per heavy atom. The van der Waals surface area contributed by atoms with Gasteiger partial charge in [-0.1, -0.05) is 6.42 Å². The van der Waals surface area contributed by atoms with Gasteiger partial charge in [0.15, 0.2) is 0 Å². The first-order valence-corrected chi connectivity index (χ1v) is 10.6. The molecule has 1 aliphatic carbocycles. The van der Waals surface area contributed by atoms with Gasteiger partial charge in [0.1, 0.15) is 5.75 Å². The molecule has 2 saturated heterocycles. The number of amides is 2. The summed E-state index contributed by atoms with van der Waals surface area (Å²) in [6.07, 6.45) is 4.92. The van der Waals surface area contributed by atoms with E-state index in [1.807, 2.05) is 21.9 Å². The molecule has 1 aromatic carbocycles. The molecular formula is C22H31N3O3. The minimum absolute atomic E-state index is 0.0815. The SMILES string of the molecule is COc1ccc(N2CCN(C(=O)C3CCN(C(=O)C4CCC4)CC3)CC2)cc1. The van der Waals surface area contributed by atoms with E-state index >= 15 is 0 Å². The molecule has 0 atom stereocenters. The Morgan fingerprint density at radius 2 is 1.32 bits per heavy atom. The lowest BCUT2D eigenvalue weighted by Crippen LogP contribution is -2.52. The fourth-order valence-electron chi connectivity index (χ4n) is 4.50. The molecule has 4 rings (SSSR count). The molecule has 2 amide bonds. The second-order valence-corrected chi connectivity index (χ2v) is 8.24. The summed E-state index contributed by atoms with van der Waals surface area (Å²) in [7, 11) is 1.67. The molecule has 28 heavy (non-hydrogen) atoms. The number of rotatable bonds is 4. The largest absolute Gasteiger partial charge is 0.497 e. The van der Waals surface area contributed by atoms with Crippen LogP contribution in [0.4, 0.5) is 5.69 Å². The first-order chi connectivity index (χ1) is 13.7. The van der Waals surface area contributed by atoms with Gasteiger partial charge in [0.2, 0.25) is 11.8 Å². The summed E-state index contributed by atoms with van der Waals surface area (Å²) in [5.74, 6) is 1.81. The van der Waals surface area contributed by atoms with Crippen molar-refractivity contribution in [2.24, 2.45) is 11.8 Å². The predicted octanol–water partition coefficient (Wildman–Crippen LogP) is 2.38. The van der Waals surface area contributed by atoms with Crippen LogP contribution in [0.2, 0.25) is 0 Å². The maximum atomic E-state index is 12.9. The molecule has 0 aromatic heterocycles. The van der Waals surface area contributed by atoms with Crippen LogP contribution in [0.5, 0.6) is 5.75 Å². The van der Waals surface area contributed by atoms with Crippen molar-refractivity contribution in [2.45, 2.75) is 32.1 Å². The molecule has 3 aliphatic rings. The minimum Gasteiger partial charge on any atom is -0.497 e. The van der Waals surface area contributed by atoms with E-state index in [4.69, 9.17) is 4.74 Å². The summed E-state index contributed by atoms with van der Waals surface area (Å²) < 4.78 is 5.22. The number of likely N-dealkylation sites (tertiary alicyclic amines) is 1. The highest BCUT2D eigenvalue weighted by Gasteiger charge is 2.35. The summed E-state index contributed by atoms with van der Waals surface area (Å²) in [6, 6.07) is 8.10. The number of carbonyl (C=O) groups is 2. The van der Waals surface area contributed by atoms with E-state index in [0.29, 0.717) is 5.91 Å². The Balaban J connectivity index is 1.24. The molecule has 1 saturated carbocycles. The zero-order valence-electron chi connectivity index (χ0n) is 16.8. The van der Waals surface area contributed by atoms with Crippen LogP contribution in [0.25, 0.3) is 0 Å². The van der Waals surface area contributed by atoms with E-state index in [2.05, 4.69) is 17.0 Å². The number of ether oxygens (including phenoxy) is 1. The van der Waals surface area contributed by atoms with Crippen LogP contribution >= 0.6 is 0 Å². The molecule has 0 spiro atoms. The van der Waals surface area contributed by atoms with Gasteiger partial charge < -0.3 is 19.4 Å². The highest BCUT2D eigenvalue weighted by Crippen LogP contribution is 2.30. The molecule has 2 aliphatic heterocycles. The lowest BCUT2D eigenvalue weighted by atomic mass is 9.83. The van der Waals surface area contributed by atoms with Crippen molar-refractivity contribution in [1.82, 2.24) is 9.80 Å². The number of piperidine rings is 1. The average molecular weight is 386 g/mol. The van der Waals surface area contributed by atoms with Gasteiger partial charge in [0, 0.05) is 56.8 Å². The van der Waals surface area contributed by atoms with Crippen molar-refractivity contribution in [2.75, 3.05) is 51.3 Å². The van der Waals surface area contributed by atoms with Crippen molar-refractivity contribution >= 4 is 17.5 Å². The maximum Gasteiger partial charge on any atom is 0.225 e. The third-order valence-electron chi connectivity index (χ3n) is 6.64. The normalized spacial score (nSPS) is 21.4. The van der Waals surface area contributed by atoms with E-state index in [1.54, 1.807) is 7.11 Å². The van der Waals surface area contributed by atoms with E-state index in [1.165, 1.54) is 12.1 Å². The van der Waals surface area contributed by atoms with Crippen LogP contribution in [0.15, 0.2) is 24.3 Å². The number of hydrogen-bond donors (Lipinski definition) is 0. The first kappa shape index (κ1) is 19.1. The Morgan fingerprint density at radius 3 is 1.82 bits per heavy atom. The third-order valence-corrected chi connectivity index (χ3v) is 6.64. The summed E-state index contributed by atoms with van der Waals surface area (Å²) in [6.45, 7) is 4.75. The quantitative estimate of drug-likeness (QED) is 0.799. The third kappa shape index (κ3) is 3.96. The predicted molar refractivity (Wildman–Crippen MR) is 108 cm³/mol. The lowest BCUT2D eigenvalue weighted by Gasteiger charge is -2.40. The number of methoxy groups -OCH3 is 1. The van der Waals surface area contributed by atoms with E-state index in [0.717, 1.165) is 70.7 Å². The van der Waals surface area contributed by atoms with Crippen molar-refractivity contribution in [3.63, 3.8) is 0 Å². The molecule has 3 fully saturated rings. The molecular weight excluding hydrogens is 354 g/mol. The van der Waals surface area contributed by atoms with Crippen LogP contribution < -0.4 is 9.64 Å². The lowest BCUT2D eigenvalue weighted by molar-refractivity contribution is -0.144. The Hall–Kier alpha value is -2.24. The van der Waals surface area contributed by atoms with Crippen LogP contribution in [-0.2, 0) is 9.59 Å². The molecule has 0 N–H and O–H groups in total. The molecule has 0 radical (unpaired) electrons. The smallest absolute Gasteiger partial charge is 0.225 e. The van der Waals surface area contributed by atoms with Gasteiger partial charge in [-0.3, -0.25) is 9.59 Å². The van der Waals surface area contributed by atoms with E-state index < -0.39 is 0 Å². The number of nitrogens with zero attached hydrogens (tertiary/aromatic N) is 3. The Bertz CT molecular complexity index is 685. The van der Waals surface area contributed by atoms with Gasteiger partial charge in [-0.2, -0.15) is 0 Å². The zero-order chi connectivity index (χ0) is 19.5. The van der Waals surface area contributed by atoms with Gasteiger partial charge in [-0.05, 0) is 49.9 Å². The number of benzene rings is 1. The zero-order valence-corrected chi connectivity index (χ0v) is 16.8. The van der Waals surface area contributed by atoms with Crippen molar-refractivity contribution < 1.29 is 14.3 Å². The molecule has 0 bridgehead atoms. The van der Waals surface area contributed by atoms with Crippen LogP contribution in [-0.4, -0.2) is 68.0 Å². The summed E-state index contributed by atoms with van der Waals surface area (Å²) >= 11 is 0. The average Bonchev–Trinajstić information content (AvgIpc) is 2.72. The highest BCUT2D eigenvalue weighted by molar-refractivity contribution is 5.81. The van der Waals surface area contributed by atoms with Crippen LogP contribution in [0.1, 0.15) is 32.1 Å². The second kappa shape index (κ2) is 8.41. The summed E-state index contributed by atoms with van der Waals surface area (Å²) in [5, 5.41) is 0. The molecule has 0 unspecified atom stereocenters. The summed E-state index contributed by atoms with van der Waals surface area (Å²) in [5.41, 5.74) is 1.18. The van der Waals surface area contributed by atoms with Gasteiger partial charge in [-0.15, -0.1) is 0 Å². The molecule has 2 heterocycles. The Labute approximate surface area is 167 Å².